The van der Waals surface area contributed by atoms with Crippen molar-refractivity contribution in [3.63, 3.8) is 0 Å². The summed E-state index contributed by atoms with van der Waals surface area (Å²) in [4.78, 5) is 0. The highest BCUT2D eigenvalue weighted by molar-refractivity contribution is 7.89. The zero-order valence-electron chi connectivity index (χ0n) is 18.9. The second-order valence-electron chi connectivity index (χ2n) is 10.00. The second kappa shape index (κ2) is 8.31. The normalized spacial score (nSPS) is 25.9. The predicted molar refractivity (Wildman–Crippen MR) is 121 cm³/mol. The van der Waals surface area contributed by atoms with Gasteiger partial charge in [0.25, 0.3) is 0 Å². The number of nitrogens with zero attached hydrogens (tertiary/aromatic N) is 1. The van der Waals surface area contributed by atoms with Crippen molar-refractivity contribution in [2.45, 2.75) is 43.3 Å². The minimum absolute atomic E-state index is 0.0971. The molecule has 2 aromatic carbocycles. The Morgan fingerprint density at radius 2 is 1.85 bits per heavy atom. The lowest BCUT2D eigenvalue weighted by molar-refractivity contribution is -0.137. The highest BCUT2D eigenvalue weighted by Gasteiger charge is 2.56. The quantitative estimate of drug-likeness (QED) is 0.587. The summed E-state index contributed by atoms with van der Waals surface area (Å²) in [6.07, 6.45) is -1.73. The first-order valence-corrected chi connectivity index (χ1v) is 13.2. The fourth-order valence-electron chi connectivity index (χ4n) is 5.88. The van der Waals surface area contributed by atoms with E-state index >= 15 is 0 Å². The Kier molecular flexibility index (Phi) is 5.81. The van der Waals surface area contributed by atoms with Crippen molar-refractivity contribution < 1.29 is 26.0 Å². The van der Waals surface area contributed by atoms with E-state index in [0.717, 1.165) is 30.0 Å². The summed E-state index contributed by atoms with van der Waals surface area (Å²) in [6, 6.07) is 9.79. The molecular formula is C25H28F4N2O2S. The topological polar surface area (TPSA) is 49.4 Å². The summed E-state index contributed by atoms with van der Waals surface area (Å²) in [5, 5.41) is 3.32. The lowest BCUT2D eigenvalue weighted by Gasteiger charge is -2.52. The lowest BCUT2D eigenvalue weighted by Crippen LogP contribution is -2.63. The van der Waals surface area contributed by atoms with Gasteiger partial charge in [-0.2, -0.15) is 13.2 Å². The molecule has 2 unspecified atom stereocenters. The van der Waals surface area contributed by atoms with Gasteiger partial charge in [-0.15, -0.1) is 0 Å². The average molecular weight is 497 g/mol. The van der Waals surface area contributed by atoms with Gasteiger partial charge < -0.3 is 5.32 Å². The van der Waals surface area contributed by atoms with Gasteiger partial charge in [-0.3, -0.25) is 0 Å². The Labute approximate surface area is 197 Å². The fourth-order valence-corrected chi connectivity index (χ4v) is 7.83. The van der Waals surface area contributed by atoms with Crippen LogP contribution in [0.3, 0.4) is 0 Å². The number of nitrogens with one attached hydrogen (secondary N) is 1. The Morgan fingerprint density at radius 1 is 1.12 bits per heavy atom. The van der Waals surface area contributed by atoms with Gasteiger partial charge in [-0.25, -0.2) is 17.1 Å². The van der Waals surface area contributed by atoms with Crippen molar-refractivity contribution in [2.24, 2.45) is 11.8 Å². The van der Waals surface area contributed by atoms with E-state index in [9.17, 15) is 26.0 Å². The largest absolute Gasteiger partial charge is 0.416 e. The van der Waals surface area contributed by atoms with Crippen molar-refractivity contribution >= 4 is 10.0 Å². The van der Waals surface area contributed by atoms with E-state index in [-0.39, 0.29) is 29.4 Å². The van der Waals surface area contributed by atoms with Crippen LogP contribution in [-0.4, -0.2) is 44.7 Å². The number of benzene rings is 2. The van der Waals surface area contributed by atoms with Gasteiger partial charge in [0.15, 0.2) is 0 Å². The van der Waals surface area contributed by atoms with Crippen LogP contribution < -0.4 is 5.32 Å². The zero-order valence-corrected chi connectivity index (χ0v) is 19.7. The van der Waals surface area contributed by atoms with Crippen LogP contribution in [0, 0.1) is 17.7 Å². The molecule has 1 heterocycles. The molecule has 2 aliphatic carbocycles. The number of hydrogen-bond donors (Lipinski definition) is 1. The summed E-state index contributed by atoms with van der Waals surface area (Å²) in [5.41, 5.74) is 0.904. The molecule has 2 atom stereocenters. The SMILES string of the molecule is CNC1Cc2cc(F)ccc2C1(Cc1cccc(C(F)(F)F)c1)C1CN(S(=O)(=O)CC2CC2)C1. The van der Waals surface area contributed by atoms with Gasteiger partial charge in [-0.05, 0) is 79.5 Å². The first kappa shape index (κ1) is 23.8. The van der Waals surface area contributed by atoms with Crippen LogP contribution in [-0.2, 0) is 34.5 Å². The molecule has 1 saturated heterocycles. The van der Waals surface area contributed by atoms with Crippen molar-refractivity contribution in [2.75, 3.05) is 25.9 Å². The van der Waals surface area contributed by atoms with Gasteiger partial charge in [0.05, 0.1) is 11.3 Å². The van der Waals surface area contributed by atoms with Crippen LogP contribution in [0.4, 0.5) is 17.6 Å². The van der Waals surface area contributed by atoms with Gasteiger partial charge in [0, 0.05) is 24.5 Å². The van der Waals surface area contributed by atoms with Gasteiger partial charge in [-0.1, -0.05) is 24.3 Å². The maximum absolute atomic E-state index is 14.1. The number of likely N-dealkylation sites (N-methyl/N-ethyl adjacent to an activating group) is 1. The molecule has 4 nitrogen and oxygen atoms in total. The van der Waals surface area contributed by atoms with Crippen LogP contribution in [0.25, 0.3) is 0 Å². The van der Waals surface area contributed by atoms with Gasteiger partial charge in [0.2, 0.25) is 10.0 Å². The molecule has 2 aromatic rings. The Balaban J connectivity index is 1.52. The van der Waals surface area contributed by atoms with Crippen LogP contribution in [0.5, 0.6) is 0 Å². The smallest absolute Gasteiger partial charge is 0.316 e. The van der Waals surface area contributed by atoms with E-state index in [0.29, 0.717) is 31.5 Å². The minimum Gasteiger partial charge on any atom is -0.316 e. The standard InChI is InChI=1S/C25H28F4N2O2S/c1-30-23-11-18-10-21(26)7-8-22(18)24(23,12-17-3-2-4-19(9-17)25(27,28)29)20-13-31(14-20)34(32,33)15-16-5-6-16/h2-4,7-10,16,20,23,30H,5-6,11-15H2,1H3. The molecule has 2 fully saturated rings. The first-order chi connectivity index (χ1) is 16.0. The van der Waals surface area contributed by atoms with Crippen LogP contribution >= 0.6 is 0 Å². The molecular weight excluding hydrogens is 468 g/mol. The summed E-state index contributed by atoms with van der Waals surface area (Å²) < 4.78 is 81.4. The molecule has 0 radical (unpaired) electrons. The predicted octanol–water partition coefficient (Wildman–Crippen LogP) is 4.14. The van der Waals surface area contributed by atoms with E-state index in [1.165, 1.54) is 28.6 Å². The summed E-state index contributed by atoms with van der Waals surface area (Å²) in [7, 11) is -1.55. The highest BCUT2D eigenvalue weighted by atomic mass is 32.2. The van der Waals surface area contributed by atoms with Crippen molar-refractivity contribution in [1.29, 1.82) is 0 Å². The van der Waals surface area contributed by atoms with Crippen LogP contribution in [0.15, 0.2) is 42.5 Å². The number of halogens is 4. The third-order valence-electron chi connectivity index (χ3n) is 7.83. The summed E-state index contributed by atoms with van der Waals surface area (Å²) in [5.74, 6) is -0.0494. The van der Waals surface area contributed by atoms with Crippen molar-refractivity contribution in [1.82, 2.24) is 9.62 Å². The molecule has 0 bridgehead atoms. The number of alkyl halides is 3. The number of hydrogen-bond acceptors (Lipinski definition) is 3. The van der Waals surface area contributed by atoms with E-state index in [1.807, 2.05) is 0 Å². The summed E-state index contributed by atoms with van der Waals surface area (Å²) in [6.45, 7) is 0.645. The van der Waals surface area contributed by atoms with Gasteiger partial charge in [0.1, 0.15) is 5.82 Å². The van der Waals surface area contributed by atoms with Crippen LogP contribution in [0.2, 0.25) is 0 Å². The molecule has 5 rings (SSSR count). The van der Waals surface area contributed by atoms with Crippen LogP contribution in [0.1, 0.15) is 35.1 Å². The minimum atomic E-state index is -4.45. The van der Waals surface area contributed by atoms with E-state index < -0.39 is 27.2 Å². The van der Waals surface area contributed by atoms with Crippen molar-refractivity contribution in [3.05, 3.63) is 70.5 Å². The third kappa shape index (κ3) is 4.16. The van der Waals surface area contributed by atoms with Crippen molar-refractivity contribution in [3.8, 4) is 0 Å². The molecule has 0 amide bonds. The van der Waals surface area contributed by atoms with E-state index in [4.69, 9.17) is 0 Å². The maximum Gasteiger partial charge on any atom is 0.416 e. The monoisotopic (exact) mass is 496 g/mol. The molecule has 3 aliphatic rings. The molecule has 0 aromatic heterocycles. The lowest BCUT2D eigenvalue weighted by atomic mass is 9.63. The highest BCUT2D eigenvalue weighted by Crippen LogP contribution is 2.51. The fraction of sp³-hybridized carbons (Fsp3) is 0.520. The molecule has 184 valence electrons. The maximum atomic E-state index is 14.1. The van der Waals surface area contributed by atoms with E-state index in [1.54, 1.807) is 19.2 Å². The molecule has 1 saturated carbocycles. The Morgan fingerprint density at radius 3 is 2.50 bits per heavy atom. The molecule has 1 aliphatic heterocycles. The first-order valence-electron chi connectivity index (χ1n) is 11.6. The second-order valence-corrected chi connectivity index (χ2v) is 12.0. The number of rotatable bonds is 7. The van der Waals surface area contributed by atoms with E-state index in [2.05, 4.69) is 5.32 Å². The molecule has 0 spiro atoms. The Bertz CT molecular complexity index is 1190. The Hall–Kier alpha value is -1.97. The third-order valence-corrected chi connectivity index (χ3v) is 9.80. The molecule has 34 heavy (non-hydrogen) atoms. The number of fused-ring (bicyclic) bond motifs is 1. The van der Waals surface area contributed by atoms with Gasteiger partial charge >= 0.3 is 6.18 Å². The zero-order chi connectivity index (χ0) is 24.3. The molecule has 9 heteroatoms. The average Bonchev–Trinajstić information content (AvgIpc) is 3.47. The molecule has 1 N–H and O–H groups in total. The number of sulfonamides is 1. The summed E-state index contributed by atoms with van der Waals surface area (Å²) >= 11 is 0.